The van der Waals surface area contributed by atoms with Crippen molar-refractivity contribution in [2.75, 3.05) is 0 Å². The van der Waals surface area contributed by atoms with Crippen LogP contribution in [-0.2, 0) is 47.9 Å². The Kier molecular flexibility index (Phi) is 141. The normalized spacial score (nSPS) is 0. The maximum Gasteiger partial charge on any atom is 0 e. The summed E-state index contributed by atoms with van der Waals surface area (Å²) >= 11 is 0. The summed E-state index contributed by atoms with van der Waals surface area (Å²) in [5.74, 6) is 0. The minimum atomic E-state index is 0. The summed E-state index contributed by atoms with van der Waals surface area (Å²) in [6.07, 6.45) is 0. The summed E-state index contributed by atoms with van der Waals surface area (Å²) in [5.41, 5.74) is 0. The molecule has 0 atom stereocenters. The molecule has 2 N–H and O–H groups in total. The van der Waals surface area contributed by atoms with Gasteiger partial charge in [0.05, 0.1) is 0 Å². The minimum Gasteiger partial charge on any atom is -0.412 e. The second-order valence-electron chi connectivity index (χ2n) is 0. The van der Waals surface area contributed by atoms with E-state index in [1.54, 1.807) is 0 Å². The van der Waals surface area contributed by atoms with Gasteiger partial charge < -0.3 is 5.48 Å². The fraction of sp³-hybridized carbons (Fsp3) is 0. The molecule has 0 aromatic heterocycles. The van der Waals surface area contributed by atoms with E-state index in [0.717, 1.165) is 0 Å². The summed E-state index contributed by atoms with van der Waals surface area (Å²) in [4.78, 5) is 0. The summed E-state index contributed by atoms with van der Waals surface area (Å²) in [6.45, 7) is 0. The van der Waals surface area contributed by atoms with Gasteiger partial charge in [0, 0.05) is 75.2 Å². The molecule has 4 radical (unpaired) electrons. The molecule has 0 amide bonds. The molecule has 0 unspecified atom stereocenters. The fourth-order valence-electron chi connectivity index (χ4n) is 0. The number of hydrogen-bond donors (Lipinski definition) is 0. The van der Waals surface area contributed by atoms with Crippen LogP contribution in [0.5, 0.6) is 0 Å². The third-order valence-electron chi connectivity index (χ3n) is 0. The molecule has 20 valence electrons. The van der Waals surface area contributed by atoms with Crippen molar-refractivity contribution < 1.29 is 53.4 Å². The zero-order chi connectivity index (χ0) is 0. The third kappa shape index (κ3) is 8.82. The molecule has 0 bridgehead atoms. The van der Waals surface area contributed by atoms with Gasteiger partial charge in [0.15, 0.2) is 0 Å². The van der Waals surface area contributed by atoms with E-state index in [-0.39, 0.29) is 80.7 Å². The van der Waals surface area contributed by atoms with Crippen LogP contribution in [0.4, 0.5) is 0 Å². The summed E-state index contributed by atoms with van der Waals surface area (Å²) < 4.78 is 0. The van der Waals surface area contributed by atoms with Crippen LogP contribution < -0.4 is 0 Å². The first-order chi connectivity index (χ1) is 0. The summed E-state index contributed by atoms with van der Waals surface area (Å²) in [6, 6.07) is 0. The number of rotatable bonds is 0. The van der Waals surface area contributed by atoms with Crippen LogP contribution in [0.25, 0.3) is 0 Å². The van der Waals surface area contributed by atoms with Gasteiger partial charge >= 0.3 is 0 Å². The van der Waals surface area contributed by atoms with Crippen molar-refractivity contribution in [3.8, 4) is 0 Å². The van der Waals surface area contributed by atoms with Gasteiger partial charge in [-0.15, -0.1) is 0 Å². The van der Waals surface area contributed by atoms with E-state index in [2.05, 4.69) is 0 Å². The Labute approximate surface area is 79.4 Å². The predicted molar refractivity (Wildman–Crippen MR) is 9.37 cm³/mol. The molecule has 0 aromatic carbocycles. The van der Waals surface area contributed by atoms with Gasteiger partial charge in [-0.1, -0.05) is 0 Å². The smallest absolute Gasteiger partial charge is 0 e. The van der Waals surface area contributed by atoms with Crippen LogP contribution in [0.1, 0.15) is 0 Å². The molecule has 0 spiro atoms. The van der Waals surface area contributed by atoms with Crippen molar-refractivity contribution in [3.63, 3.8) is 0 Å². The van der Waals surface area contributed by atoms with Gasteiger partial charge in [-0.2, -0.15) is 0 Å². The largest absolute Gasteiger partial charge is 0.412 e. The third-order valence-corrected chi connectivity index (χ3v) is 0. The van der Waals surface area contributed by atoms with E-state index in [9.17, 15) is 0 Å². The predicted octanol–water partition coefficient (Wildman–Crippen LogP) is -1.21. The topological polar surface area (TPSA) is 31.5 Å². The monoisotopic (exact) mass is 364 g/mol. The average Bonchev–Trinajstić information content (AvgIpc) is 0. The van der Waals surface area contributed by atoms with Crippen molar-refractivity contribution >= 4 is 27.3 Å². The van der Waals surface area contributed by atoms with Crippen LogP contribution in [0, 0.1) is 0 Å². The first-order valence-electron chi connectivity index (χ1n) is 0. The van der Waals surface area contributed by atoms with Crippen LogP contribution in [0.2, 0.25) is 0 Å². The van der Waals surface area contributed by atoms with Crippen LogP contribution in [0.3, 0.4) is 0 Å². The summed E-state index contributed by atoms with van der Waals surface area (Å²) in [5, 5.41) is 0. The van der Waals surface area contributed by atoms with Gasteiger partial charge in [0.2, 0.25) is 0 Å². The maximum absolute atomic E-state index is 0. The van der Waals surface area contributed by atoms with E-state index in [0.29, 0.717) is 0 Å². The van der Waals surface area contributed by atoms with Gasteiger partial charge in [-0.25, -0.2) is 0 Å². The first kappa shape index (κ1) is 31.6. The Bertz CT molecular complexity index is 8.00. The molecule has 0 saturated carbocycles. The second kappa shape index (κ2) is 17.9. The Morgan fingerprint density at radius 1 is 1.00 bits per heavy atom. The van der Waals surface area contributed by atoms with E-state index >= 15 is 0 Å². The Morgan fingerprint density at radius 3 is 1.00 bits per heavy atom. The van der Waals surface area contributed by atoms with Gasteiger partial charge in [0.25, 0.3) is 0 Å². The zero-order valence-electron chi connectivity index (χ0n) is 2.00. The van der Waals surface area contributed by atoms with Crippen molar-refractivity contribution in [1.82, 2.24) is 0 Å². The van der Waals surface area contributed by atoms with Crippen molar-refractivity contribution in [3.05, 3.63) is 0 Å². The number of hydrogen-bond acceptors (Lipinski definition) is 0. The first-order valence-corrected chi connectivity index (χ1v) is 0. The van der Waals surface area contributed by atoms with E-state index in [1.165, 1.54) is 0 Å². The molecule has 0 heterocycles. The molecule has 0 aliphatic carbocycles. The fourth-order valence-corrected chi connectivity index (χ4v) is 0. The molecule has 0 fully saturated rings. The molecule has 0 aromatic rings. The van der Waals surface area contributed by atoms with E-state index in [1.807, 2.05) is 0 Å². The molecular weight excluding hydrogens is 362 g/mol. The molecule has 4 heavy (non-hydrogen) atoms. The standard InChI is InChI=1S/H2O.Pb.Ti.Zr/h1H2;;;. The molecule has 0 rings (SSSR count). The van der Waals surface area contributed by atoms with Gasteiger partial charge in [-0.05, 0) is 0 Å². The van der Waals surface area contributed by atoms with E-state index < -0.39 is 0 Å². The minimum absolute atomic E-state index is 0. The van der Waals surface area contributed by atoms with Gasteiger partial charge in [-0.3, -0.25) is 0 Å². The Balaban J connectivity index is 0. The van der Waals surface area contributed by atoms with Crippen LogP contribution >= 0.6 is 0 Å². The molecule has 1 nitrogen and oxygen atoms in total. The van der Waals surface area contributed by atoms with Crippen molar-refractivity contribution in [2.24, 2.45) is 0 Å². The average molecular weight is 364 g/mol. The Hall–Kier alpha value is 2.48. The molecule has 4 heteroatoms. The van der Waals surface area contributed by atoms with E-state index in [4.69, 9.17) is 0 Å². The SMILES string of the molecule is O.[Pb].[Ti].[Zr]. The Morgan fingerprint density at radius 2 is 1.00 bits per heavy atom. The zero-order valence-corrected chi connectivity index (χ0v) is 9.91. The molecule has 0 aliphatic heterocycles. The molecule has 0 aliphatic rings. The quantitative estimate of drug-likeness (QED) is 0.484. The summed E-state index contributed by atoms with van der Waals surface area (Å²) in [7, 11) is 0. The van der Waals surface area contributed by atoms with Gasteiger partial charge in [0.1, 0.15) is 0 Å². The van der Waals surface area contributed by atoms with Crippen LogP contribution in [-0.4, -0.2) is 32.8 Å². The maximum atomic E-state index is 0. The van der Waals surface area contributed by atoms with Crippen molar-refractivity contribution in [2.45, 2.75) is 0 Å². The van der Waals surface area contributed by atoms with Crippen LogP contribution in [0.15, 0.2) is 0 Å². The second-order valence-corrected chi connectivity index (χ2v) is 0. The van der Waals surface area contributed by atoms with Crippen molar-refractivity contribution in [1.29, 1.82) is 0 Å². The molecule has 0 saturated heterocycles. The molecular formula is H2OPbTiZr.